The Balaban J connectivity index is 4.10. The van der Waals surface area contributed by atoms with E-state index in [0.29, 0.717) is 0 Å². The fourth-order valence-corrected chi connectivity index (χ4v) is 0.655. The third-order valence-electron chi connectivity index (χ3n) is 1.84. The van der Waals surface area contributed by atoms with Gasteiger partial charge in [-0.1, -0.05) is 6.58 Å². The topological polar surface area (TPSA) is 80.4 Å². The average Bonchev–Trinajstić information content (AvgIpc) is 1.99. The van der Waals surface area contributed by atoms with E-state index in [1.807, 2.05) is 0 Å². The van der Waals surface area contributed by atoms with Crippen LogP contribution in [-0.2, 0) is 4.79 Å². The Kier molecular flexibility index (Phi) is 3.59. The highest BCUT2D eigenvalue weighted by Crippen LogP contribution is 2.18. The normalized spacial score (nSPS) is 10.9. The third-order valence-corrected chi connectivity index (χ3v) is 1.84. The Morgan fingerprint density at radius 1 is 1.62 bits per heavy atom. The highest BCUT2D eigenvalue weighted by Gasteiger charge is 2.30. The summed E-state index contributed by atoms with van der Waals surface area (Å²) < 4.78 is 0. The molecule has 0 aliphatic rings. The molecule has 0 aliphatic carbocycles. The fraction of sp³-hybridized carbons (Fsp3) is 0.625. The smallest absolute Gasteiger partial charge is 0.330 e. The molecule has 0 spiro atoms. The van der Waals surface area contributed by atoms with E-state index in [2.05, 4.69) is 6.58 Å². The van der Waals surface area contributed by atoms with E-state index in [4.69, 9.17) is 5.11 Å². The van der Waals surface area contributed by atoms with Gasteiger partial charge in [0.2, 0.25) is 5.54 Å². The SMILES string of the molecule is C=C(CCC(C)(C)[N+](=O)[O-])C(=O)O. The van der Waals surface area contributed by atoms with Gasteiger partial charge in [0, 0.05) is 30.8 Å². The molecule has 0 fully saturated rings. The van der Waals surface area contributed by atoms with Gasteiger partial charge in [-0.15, -0.1) is 0 Å². The Labute approximate surface area is 76.2 Å². The number of rotatable bonds is 5. The maximum atomic E-state index is 10.4. The van der Waals surface area contributed by atoms with Crippen LogP contribution in [0, 0.1) is 10.1 Å². The molecule has 0 aliphatic heterocycles. The predicted octanol–water partition coefficient (Wildman–Crippen LogP) is 1.46. The Morgan fingerprint density at radius 3 is 2.38 bits per heavy atom. The zero-order valence-corrected chi connectivity index (χ0v) is 7.74. The number of carboxylic acids is 1. The van der Waals surface area contributed by atoms with Crippen LogP contribution in [0.5, 0.6) is 0 Å². The highest BCUT2D eigenvalue weighted by molar-refractivity contribution is 5.85. The van der Waals surface area contributed by atoms with Crippen molar-refractivity contribution in [3.05, 3.63) is 22.3 Å². The molecule has 0 atom stereocenters. The summed E-state index contributed by atoms with van der Waals surface area (Å²) in [5, 5.41) is 18.9. The van der Waals surface area contributed by atoms with Crippen molar-refractivity contribution in [1.29, 1.82) is 0 Å². The first kappa shape index (κ1) is 11.6. The molecule has 0 bridgehead atoms. The molecule has 0 rings (SSSR count). The third kappa shape index (κ3) is 3.68. The molecule has 5 nitrogen and oxygen atoms in total. The molecule has 13 heavy (non-hydrogen) atoms. The van der Waals surface area contributed by atoms with Crippen molar-refractivity contribution < 1.29 is 14.8 Å². The summed E-state index contributed by atoms with van der Waals surface area (Å²) in [7, 11) is 0. The Hall–Kier alpha value is -1.39. The summed E-state index contributed by atoms with van der Waals surface area (Å²) in [4.78, 5) is 20.3. The summed E-state index contributed by atoms with van der Waals surface area (Å²) in [6.07, 6.45) is 0.328. The number of aliphatic carboxylic acids is 1. The number of nitrogens with zero attached hydrogens (tertiary/aromatic N) is 1. The molecule has 0 radical (unpaired) electrons. The van der Waals surface area contributed by atoms with Crippen molar-refractivity contribution >= 4 is 5.97 Å². The van der Waals surface area contributed by atoms with E-state index in [1.165, 1.54) is 13.8 Å². The van der Waals surface area contributed by atoms with Crippen LogP contribution in [0.4, 0.5) is 0 Å². The number of carboxylic acid groups (broad SMARTS) is 1. The van der Waals surface area contributed by atoms with Crippen LogP contribution in [0.1, 0.15) is 26.7 Å². The molecule has 0 heterocycles. The molecule has 0 aromatic carbocycles. The largest absolute Gasteiger partial charge is 0.478 e. The van der Waals surface area contributed by atoms with Gasteiger partial charge in [0.05, 0.1) is 0 Å². The fourth-order valence-electron chi connectivity index (χ4n) is 0.655. The lowest BCUT2D eigenvalue weighted by Gasteiger charge is -2.14. The van der Waals surface area contributed by atoms with Crippen LogP contribution < -0.4 is 0 Å². The van der Waals surface area contributed by atoms with E-state index in [-0.39, 0.29) is 18.4 Å². The van der Waals surface area contributed by atoms with E-state index in [1.54, 1.807) is 0 Å². The second-order valence-electron chi connectivity index (χ2n) is 3.48. The van der Waals surface area contributed by atoms with Gasteiger partial charge in [0.25, 0.3) is 0 Å². The summed E-state index contributed by atoms with van der Waals surface area (Å²) >= 11 is 0. The molecule has 0 saturated heterocycles. The van der Waals surface area contributed by atoms with Crippen LogP contribution in [0.15, 0.2) is 12.2 Å². The van der Waals surface area contributed by atoms with Gasteiger partial charge in [-0.25, -0.2) is 4.79 Å². The maximum Gasteiger partial charge on any atom is 0.330 e. The van der Waals surface area contributed by atoms with Gasteiger partial charge < -0.3 is 5.11 Å². The zero-order chi connectivity index (χ0) is 10.6. The minimum absolute atomic E-state index is 0.00919. The second kappa shape index (κ2) is 4.02. The summed E-state index contributed by atoms with van der Waals surface area (Å²) in [5.74, 6) is -1.10. The predicted molar refractivity (Wildman–Crippen MR) is 47.1 cm³/mol. The summed E-state index contributed by atoms with van der Waals surface area (Å²) in [6, 6.07) is 0. The zero-order valence-electron chi connectivity index (χ0n) is 7.74. The number of nitro groups is 1. The molecule has 74 valence electrons. The highest BCUT2D eigenvalue weighted by atomic mass is 16.6. The first-order valence-corrected chi connectivity index (χ1v) is 3.83. The van der Waals surface area contributed by atoms with E-state index in [0.717, 1.165) is 0 Å². The molecule has 5 heteroatoms. The lowest BCUT2D eigenvalue weighted by molar-refractivity contribution is -0.561. The lowest BCUT2D eigenvalue weighted by atomic mass is 9.97. The van der Waals surface area contributed by atoms with Crippen molar-refractivity contribution in [3.8, 4) is 0 Å². The van der Waals surface area contributed by atoms with Crippen molar-refractivity contribution in [1.82, 2.24) is 0 Å². The molecule has 0 saturated carbocycles. The van der Waals surface area contributed by atoms with Gasteiger partial charge in [0.15, 0.2) is 0 Å². The molecule has 1 N–H and O–H groups in total. The summed E-state index contributed by atoms with van der Waals surface area (Å²) in [6.45, 7) is 6.22. The van der Waals surface area contributed by atoms with Crippen LogP contribution in [0.2, 0.25) is 0 Å². The van der Waals surface area contributed by atoms with Gasteiger partial charge in [-0.3, -0.25) is 10.1 Å². The first-order valence-electron chi connectivity index (χ1n) is 3.83. The van der Waals surface area contributed by atoms with Crippen molar-refractivity contribution in [3.63, 3.8) is 0 Å². The number of hydrogen-bond acceptors (Lipinski definition) is 3. The van der Waals surface area contributed by atoms with Crippen molar-refractivity contribution in [2.75, 3.05) is 0 Å². The van der Waals surface area contributed by atoms with Crippen LogP contribution in [0.3, 0.4) is 0 Å². The molecule has 0 aromatic rings. The van der Waals surface area contributed by atoms with Crippen LogP contribution in [0.25, 0.3) is 0 Å². The van der Waals surface area contributed by atoms with Crippen LogP contribution in [-0.4, -0.2) is 21.5 Å². The second-order valence-corrected chi connectivity index (χ2v) is 3.48. The average molecular weight is 187 g/mol. The molecule has 0 amide bonds. The molecule has 0 aromatic heterocycles. The maximum absolute atomic E-state index is 10.4. The van der Waals surface area contributed by atoms with E-state index in [9.17, 15) is 14.9 Å². The van der Waals surface area contributed by atoms with E-state index < -0.39 is 16.4 Å². The standard InChI is InChI=1S/C8H13NO4/c1-6(7(10)11)4-5-8(2,3)9(12)13/h1,4-5H2,2-3H3,(H,10,11). The van der Waals surface area contributed by atoms with Gasteiger partial charge >= 0.3 is 5.97 Å². The molecule has 0 unspecified atom stereocenters. The Morgan fingerprint density at radius 2 is 2.08 bits per heavy atom. The van der Waals surface area contributed by atoms with E-state index >= 15 is 0 Å². The summed E-state index contributed by atoms with van der Waals surface area (Å²) in [5.41, 5.74) is -1.08. The van der Waals surface area contributed by atoms with Crippen molar-refractivity contribution in [2.24, 2.45) is 0 Å². The number of carbonyl (C=O) groups is 1. The number of hydrogen-bond donors (Lipinski definition) is 1. The van der Waals surface area contributed by atoms with Crippen LogP contribution >= 0.6 is 0 Å². The minimum Gasteiger partial charge on any atom is -0.478 e. The first-order chi connectivity index (χ1) is 5.77. The van der Waals surface area contributed by atoms with Gasteiger partial charge in [-0.2, -0.15) is 0 Å². The van der Waals surface area contributed by atoms with Gasteiger partial charge in [-0.05, 0) is 6.42 Å². The quantitative estimate of drug-likeness (QED) is 0.401. The minimum atomic E-state index is -1.10. The van der Waals surface area contributed by atoms with Gasteiger partial charge in [0.1, 0.15) is 0 Å². The van der Waals surface area contributed by atoms with Crippen molar-refractivity contribution in [2.45, 2.75) is 32.2 Å². The monoisotopic (exact) mass is 187 g/mol. The Bertz CT molecular complexity index is 245. The lowest BCUT2D eigenvalue weighted by Crippen LogP contribution is -2.30. The molecular formula is C8H13NO4. The molecular weight excluding hydrogens is 174 g/mol.